The number of hydrogen-bond donors (Lipinski definition) is 3. The fourth-order valence-corrected chi connectivity index (χ4v) is 8.68. The average molecular weight is 915 g/mol. The molecule has 6 nitrogen and oxygen atoms in total. The van der Waals surface area contributed by atoms with Crippen LogP contribution < -0.4 is 5.32 Å². The van der Waals surface area contributed by atoms with Crippen molar-refractivity contribution in [2.75, 3.05) is 13.2 Å². The third kappa shape index (κ3) is 51.3. The summed E-state index contributed by atoms with van der Waals surface area (Å²) in [5.74, 6) is -0.120. The summed E-state index contributed by atoms with van der Waals surface area (Å²) in [5.41, 5.74) is 0. The van der Waals surface area contributed by atoms with E-state index in [-0.39, 0.29) is 18.5 Å². The van der Waals surface area contributed by atoms with E-state index in [2.05, 4.69) is 43.5 Å². The maximum absolute atomic E-state index is 12.5. The predicted molar refractivity (Wildman–Crippen MR) is 283 cm³/mol. The smallest absolute Gasteiger partial charge is 0.305 e. The fraction of sp³-hybridized carbons (Fsp3) is 0.864. The first-order chi connectivity index (χ1) is 32.0. The van der Waals surface area contributed by atoms with Crippen LogP contribution in [-0.2, 0) is 14.3 Å². The van der Waals surface area contributed by atoms with Crippen molar-refractivity contribution in [3.63, 3.8) is 0 Å². The van der Waals surface area contributed by atoms with Crippen LogP contribution in [-0.4, -0.2) is 47.4 Å². The van der Waals surface area contributed by atoms with Gasteiger partial charge >= 0.3 is 5.97 Å². The fourth-order valence-electron chi connectivity index (χ4n) is 8.68. The third-order valence-corrected chi connectivity index (χ3v) is 13.1. The van der Waals surface area contributed by atoms with Crippen molar-refractivity contribution in [3.8, 4) is 0 Å². The van der Waals surface area contributed by atoms with Gasteiger partial charge in [0.15, 0.2) is 0 Å². The van der Waals surface area contributed by atoms with E-state index in [0.717, 1.165) is 70.6 Å². The van der Waals surface area contributed by atoms with Crippen LogP contribution in [0, 0.1) is 0 Å². The molecule has 0 aliphatic heterocycles. The Bertz CT molecular complexity index is 1060. The number of allylic oxidation sites excluding steroid dienone is 5. The number of carbonyl (C=O) groups is 2. The maximum Gasteiger partial charge on any atom is 0.305 e. The first-order valence-corrected chi connectivity index (χ1v) is 28.8. The van der Waals surface area contributed by atoms with Gasteiger partial charge in [-0.15, -0.1) is 0 Å². The first kappa shape index (κ1) is 63.1. The number of nitrogens with one attached hydrogen (secondary N) is 1. The number of amides is 1. The van der Waals surface area contributed by atoms with E-state index in [1.54, 1.807) is 6.08 Å². The number of hydrogen-bond acceptors (Lipinski definition) is 5. The van der Waals surface area contributed by atoms with E-state index in [9.17, 15) is 19.8 Å². The van der Waals surface area contributed by atoms with Crippen LogP contribution in [0.5, 0.6) is 0 Å². The normalized spacial score (nSPS) is 12.9. The van der Waals surface area contributed by atoms with E-state index < -0.39 is 12.1 Å². The van der Waals surface area contributed by atoms with Crippen molar-refractivity contribution >= 4 is 11.9 Å². The highest BCUT2D eigenvalue weighted by molar-refractivity contribution is 5.76. The minimum Gasteiger partial charge on any atom is -0.466 e. The van der Waals surface area contributed by atoms with Gasteiger partial charge in [-0.1, -0.05) is 243 Å². The molecule has 65 heavy (non-hydrogen) atoms. The van der Waals surface area contributed by atoms with Crippen molar-refractivity contribution in [3.05, 3.63) is 36.5 Å². The van der Waals surface area contributed by atoms with Gasteiger partial charge < -0.3 is 20.3 Å². The lowest BCUT2D eigenvalue weighted by atomic mass is 10.0. The number of rotatable bonds is 53. The zero-order valence-corrected chi connectivity index (χ0v) is 43.5. The van der Waals surface area contributed by atoms with E-state index in [0.29, 0.717) is 19.4 Å². The van der Waals surface area contributed by atoms with Gasteiger partial charge in [0.05, 0.1) is 25.4 Å². The molecule has 0 spiro atoms. The number of ether oxygens (including phenoxy) is 1. The lowest BCUT2D eigenvalue weighted by Gasteiger charge is -2.19. The molecule has 3 N–H and O–H groups in total. The van der Waals surface area contributed by atoms with Crippen molar-refractivity contribution in [2.24, 2.45) is 0 Å². The Morgan fingerprint density at radius 2 is 0.723 bits per heavy atom. The summed E-state index contributed by atoms with van der Waals surface area (Å²) in [6.07, 6.45) is 67.4. The Morgan fingerprint density at radius 3 is 1.14 bits per heavy atom. The minimum atomic E-state index is -0.863. The summed E-state index contributed by atoms with van der Waals surface area (Å²) < 4.78 is 5.44. The molecular weight excluding hydrogens is 803 g/mol. The van der Waals surface area contributed by atoms with Crippen molar-refractivity contribution in [2.45, 2.75) is 315 Å². The van der Waals surface area contributed by atoms with Gasteiger partial charge in [0.2, 0.25) is 5.91 Å². The summed E-state index contributed by atoms with van der Waals surface area (Å²) in [4.78, 5) is 24.5. The number of aliphatic hydroxyl groups excluding tert-OH is 2. The summed E-state index contributed by atoms with van der Waals surface area (Å²) in [6.45, 7) is 4.84. The van der Waals surface area contributed by atoms with Crippen molar-refractivity contribution in [1.82, 2.24) is 5.32 Å². The van der Waals surface area contributed by atoms with E-state index in [4.69, 9.17) is 4.74 Å². The van der Waals surface area contributed by atoms with E-state index >= 15 is 0 Å². The molecule has 0 aromatic rings. The molecule has 0 rings (SSSR count). The van der Waals surface area contributed by atoms with Gasteiger partial charge in [-0.05, 0) is 83.5 Å². The molecule has 1 amide bonds. The molecule has 6 heteroatoms. The molecule has 0 saturated carbocycles. The molecule has 0 heterocycles. The Hall–Kier alpha value is -1.92. The van der Waals surface area contributed by atoms with Crippen LogP contribution in [0.15, 0.2) is 36.5 Å². The van der Waals surface area contributed by atoms with Crippen molar-refractivity contribution < 1.29 is 24.5 Å². The summed E-state index contributed by atoms with van der Waals surface area (Å²) in [5, 5.41) is 23.2. The number of carbonyl (C=O) groups excluding carboxylic acids is 2. The molecule has 2 atom stereocenters. The van der Waals surface area contributed by atoms with Gasteiger partial charge in [0.25, 0.3) is 0 Å². The Balaban J connectivity index is 3.54. The molecule has 0 aromatic carbocycles. The number of aliphatic hydroxyl groups is 2. The van der Waals surface area contributed by atoms with Crippen LogP contribution in [0.1, 0.15) is 303 Å². The molecule has 0 aliphatic rings. The molecule has 0 saturated heterocycles. The topological polar surface area (TPSA) is 95.9 Å². The quantitative estimate of drug-likeness (QED) is 0.0321. The Morgan fingerprint density at radius 1 is 0.415 bits per heavy atom. The summed E-state index contributed by atoms with van der Waals surface area (Å²) in [7, 11) is 0. The average Bonchev–Trinajstić information content (AvgIpc) is 3.31. The standard InChI is InChI=1S/C59H111NO5/c1-3-5-7-9-11-13-15-17-18-19-20-21-22-23-24-25-26-28-31-35-39-43-47-51-57(62)56(55-61)60-58(63)52-48-44-40-36-32-29-27-30-34-38-42-46-50-54-65-59(64)53-49-45-41-37-33-16-14-12-10-8-6-4-2/h12,14,29,32,47,51,56-57,61-62H,3-11,13,15-28,30-31,33-46,48-50,52-55H2,1-2H3,(H,60,63)/b14-12-,32-29-,51-47+. The Labute approximate surface area is 404 Å². The van der Waals surface area contributed by atoms with Gasteiger partial charge in [-0.2, -0.15) is 0 Å². The zero-order chi connectivity index (χ0) is 47.2. The molecular formula is C59H111NO5. The second-order valence-corrected chi connectivity index (χ2v) is 19.6. The first-order valence-electron chi connectivity index (χ1n) is 28.8. The van der Waals surface area contributed by atoms with Crippen LogP contribution in [0.3, 0.4) is 0 Å². The molecule has 2 unspecified atom stereocenters. The zero-order valence-electron chi connectivity index (χ0n) is 43.5. The molecule has 0 aliphatic carbocycles. The molecule has 0 bridgehead atoms. The van der Waals surface area contributed by atoms with Crippen LogP contribution in [0.25, 0.3) is 0 Å². The van der Waals surface area contributed by atoms with Gasteiger partial charge in [0.1, 0.15) is 0 Å². The van der Waals surface area contributed by atoms with Gasteiger partial charge in [-0.25, -0.2) is 0 Å². The number of esters is 1. The van der Waals surface area contributed by atoms with Gasteiger partial charge in [-0.3, -0.25) is 9.59 Å². The second kappa shape index (κ2) is 54.7. The summed E-state index contributed by atoms with van der Waals surface area (Å²) >= 11 is 0. The summed E-state index contributed by atoms with van der Waals surface area (Å²) in [6, 6.07) is -0.650. The van der Waals surface area contributed by atoms with Gasteiger partial charge in [0, 0.05) is 12.8 Å². The molecule has 0 aromatic heterocycles. The highest BCUT2D eigenvalue weighted by Gasteiger charge is 2.18. The van der Waals surface area contributed by atoms with Crippen LogP contribution in [0.4, 0.5) is 0 Å². The molecule has 382 valence electrons. The number of unbranched alkanes of at least 4 members (excludes halogenated alkanes) is 38. The lowest BCUT2D eigenvalue weighted by molar-refractivity contribution is -0.143. The second-order valence-electron chi connectivity index (χ2n) is 19.6. The molecule has 0 fully saturated rings. The molecule has 0 radical (unpaired) electrons. The van der Waals surface area contributed by atoms with E-state index in [1.165, 1.54) is 205 Å². The predicted octanol–water partition coefficient (Wildman–Crippen LogP) is 17.6. The SMILES string of the molecule is CCCCC/C=C\CCCCCCCC(=O)OCCCCCCCC/C=C\CCCCCC(=O)NC(CO)C(O)/C=C/CCCCCCCCCCCCCCCCCCCCCCC. The highest BCUT2D eigenvalue weighted by Crippen LogP contribution is 2.16. The lowest BCUT2D eigenvalue weighted by Crippen LogP contribution is -2.45. The van der Waals surface area contributed by atoms with E-state index in [1.807, 2.05) is 6.08 Å². The third-order valence-electron chi connectivity index (χ3n) is 13.1. The van der Waals surface area contributed by atoms with Crippen LogP contribution in [0.2, 0.25) is 0 Å². The minimum absolute atomic E-state index is 0.0240. The largest absolute Gasteiger partial charge is 0.466 e. The monoisotopic (exact) mass is 914 g/mol. The van der Waals surface area contributed by atoms with Crippen molar-refractivity contribution in [1.29, 1.82) is 0 Å². The van der Waals surface area contributed by atoms with Crippen LogP contribution >= 0.6 is 0 Å². The highest BCUT2D eigenvalue weighted by atomic mass is 16.5. The maximum atomic E-state index is 12.5. The Kier molecular flexibility index (Phi) is 53.1.